The predicted molar refractivity (Wildman–Crippen MR) is 77.6 cm³/mol. The third kappa shape index (κ3) is 3.70. The summed E-state index contributed by atoms with van der Waals surface area (Å²) < 4.78 is 25.0. The zero-order valence-corrected chi connectivity index (χ0v) is 13.1. The summed E-state index contributed by atoms with van der Waals surface area (Å²) in [5.41, 5.74) is 0. The molecule has 1 aliphatic carbocycles. The molecule has 1 N–H and O–H groups in total. The van der Waals surface area contributed by atoms with Gasteiger partial charge in [-0.15, -0.1) is 0 Å². The first-order valence-corrected chi connectivity index (χ1v) is 9.00. The van der Waals surface area contributed by atoms with Crippen LogP contribution in [0.4, 0.5) is 0 Å². The van der Waals surface area contributed by atoms with Crippen molar-refractivity contribution in [2.75, 3.05) is 6.54 Å². The van der Waals surface area contributed by atoms with E-state index in [2.05, 4.69) is 19.2 Å². The number of hydrogen-bond acceptors (Lipinski definition) is 3. The van der Waals surface area contributed by atoms with Crippen LogP contribution in [0.15, 0.2) is 0 Å². The molecule has 0 amide bonds. The molecule has 1 fully saturated rings. The lowest BCUT2D eigenvalue weighted by molar-refractivity contribution is 0.281. The molecule has 0 saturated heterocycles. The third-order valence-corrected chi connectivity index (χ3v) is 6.82. The third-order valence-electron chi connectivity index (χ3n) is 4.14. The van der Waals surface area contributed by atoms with Gasteiger partial charge in [0.15, 0.2) is 9.84 Å². The molecule has 0 bridgehead atoms. The van der Waals surface area contributed by atoms with Crippen molar-refractivity contribution < 1.29 is 8.42 Å². The lowest BCUT2D eigenvalue weighted by atomic mass is 9.83. The quantitative estimate of drug-likeness (QED) is 0.811. The zero-order chi connectivity index (χ0) is 13.8. The maximum absolute atomic E-state index is 12.5. The molecule has 1 rings (SSSR count). The Bertz CT molecular complexity index is 338. The number of rotatable bonds is 6. The van der Waals surface area contributed by atoms with Gasteiger partial charge in [-0.05, 0) is 45.6 Å². The number of hydrogen-bond donors (Lipinski definition) is 1. The molecule has 1 aliphatic rings. The van der Waals surface area contributed by atoms with E-state index >= 15 is 0 Å². The predicted octanol–water partition coefficient (Wildman–Crippen LogP) is 2.76. The minimum Gasteiger partial charge on any atom is -0.313 e. The molecule has 3 nitrogen and oxygen atoms in total. The normalized spacial score (nSPS) is 29.7. The molecular weight excluding hydrogens is 246 g/mol. The highest BCUT2D eigenvalue weighted by molar-refractivity contribution is 7.92. The Morgan fingerprint density at radius 2 is 1.89 bits per heavy atom. The topological polar surface area (TPSA) is 46.2 Å². The van der Waals surface area contributed by atoms with Crippen molar-refractivity contribution in [3.05, 3.63) is 0 Å². The van der Waals surface area contributed by atoms with Crippen LogP contribution in [-0.2, 0) is 9.84 Å². The fourth-order valence-corrected chi connectivity index (χ4v) is 5.02. The molecule has 4 heteroatoms. The summed E-state index contributed by atoms with van der Waals surface area (Å²) in [5.74, 6) is 0.600. The summed E-state index contributed by atoms with van der Waals surface area (Å²) in [4.78, 5) is 0. The van der Waals surface area contributed by atoms with Gasteiger partial charge < -0.3 is 5.32 Å². The maximum Gasteiger partial charge on any atom is 0.157 e. The fourth-order valence-electron chi connectivity index (χ4n) is 3.09. The van der Waals surface area contributed by atoms with Crippen LogP contribution in [0.5, 0.6) is 0 Å². The second-order valence-electron chi connectivity index (χ2n) is 5.81. The van der Waals surface area contributed by atoms with Crippen LogP contribution in [0.1, 0.15) is 59.8 Å². The lowest BCUT2D eigenvalue weighted by Gasteiger charge is -2.37. The molecule has 0 radical (unpaired) electrons. The summed E-state index contributed by atoms with van der Waals surface area (Å²) >= 11 is 0. The first-order valence-electron chi connectivity index (χ1n) is 7.39. The van der Waals surface area contributed by atoms with Crippen molar-refractivity contribution in [1.82, 2.24) is 5.32 Å². The minimum absolute atomic E-state index is 0.163. The Hall–Kier alpha value is -0.0900. The first-order chi connectivity index (χ1) is 8.43. The maximum atomic E-state index is 12.5. The second kappa shape index (κ2) is 6.90. The van der Waals surface area contributed by atoms with E-state index < -0.39 is 9.84 Å². The van der Waals surface area contributed by atoms with E-state index in [0.717, 1.165) is 25.8 Å². The summed E-state index contributed by atoms with van der Waals surface area (Å²) in [5, 5.41) is 2.94. The molecule has 0 spiro atoms. The van der Waals surface area contributed by atoms with Crippen molar-refractivity contribution >= 4 is 9.84 Å². The van der Waals surface area contributed by atoms with Crippen LogP contribution >= 0.6 is 0 Å². The molecule has 3 atom stereocenters. The van der Waals surface area contributed by atoms with Gasteiger partial charge in [0.05, 0.1) is 10.5 Å². The monoisotopic (exact) mass is 275 g/mol. The van der Waals surface area contributed by atoms with E-state index in [-0.39, 0.29) is 16.5 Å². The molecule has 1 saturated carbocycles. The van der Waals surface area contributed by atoms with Gasteiger partial charge in [0.1, 0.15) is 0 Å². The molecule has 0 aromatic carbocycles. The van der Waals surface area contributed by atoms with Crippen LogP contribution in [0.3, 0.4) is 0 Å². The van der Waals surface area contributed by atoms with Crippen LogP contribution in [0.25, 0.3) is 0 Å². The van der Waals surface area contributed by atoms with Crippen molar-refractivity contribution in [3.63, 3.8) is 0 Å². The number of nitrogens with one attached hydrogen (secondary N) is 1. The molecule has 0 heterocycles. The minimum atomic E-state index is -2.99. The molecule has 3 unspecified atom stereocenters. The van der Waals surface area contributed by atoms with Gasteiger partial charge in [-0.1, -0.05) is 26.7 Å². The highest BCUT2D eigenvalue weighted by Crippen LogP contribution is 2.33. The van der Waals surface area contributed by atoms with Crippen molar-refractivity contribution in [1.29, 1.82) is 0 Å². The van der Waals surface area contributed by atoms with Gasteiger partial charge in [-0.2, -0.15) is 0 Å². The average molecular weight is 275 g/mol. The van der Waals surface area contributed by atoms with Crippen molar-refractivity contribution in [3.8, 4) is 0 Å². The SMILES string of the molecule is CCCC1CCC(NCC)C(S(=O)(=O)C(C)C)C1. The van der Waals surface area contributed by atoms with Gasteiger partial charge >= 0.3 is 0 Å². The van der Waals surface area contributed by atoms with Gasteiger partial charge in [-0.3, -0.25) is 0 Å². The standard InChI is InChI=1S/C14H29NO2S/c1-5-7-12-8-9-13(15-6-2)14(10-12)18(16,17)11(3)4/h11-15H,5-10H2,1-4H3. The Morgan fingerprint density at radius 3 is 2.39 bits per heavy atom. The van der Waals surface area contributed by atoms with Crippen LogP contribution in [-0.4, -0.2) is 31.5 Å². The van der Waals surface area contributed by atoms with Crippen molar-refractivity contribution in [2.45, 2.75) is 76.3 Å². The van der Waals surface area contributed by atoms with Crippen molar-refractivity contribution in [2.24, 2.45) is 5.92 Å². The molecule has 0 aliphatic heterocycles. The molecule has 108 valence electrons. The molecular formula is C14H29NO2S. The molecule has 18 heavy (non-hydrogen) atoms. The van der Waals surface area contributed by atoms with E-state index in [0.29, 0.717) is 5.92 Å². The van der Waals surface area contributed by atoms with E-state index in [1.807, 2.05) is 13.8 Å². The molecule has 0 aromatic heterocycles. The van der Waals surface area contributed by atoms with E-state index in [1.54, 1.807) is 0 Å². The van der Waals surface area contributed by atoms with E-state index in [4.69, 9.17) is 0 Å². The Balaban J connectivity index is 2.84. The summed E-state index contributed by atoms with van der Waals surface area (Å²) in [6.07, 6.45) is 5.37. The first kappa shape index (κ1) is 16.0. The van der Waals surface area contributed by atoms with Gasteiger partial charge in [-0.25, -0.2) is 8.42 Å². The largest absolute Gasteiger partial charge is 0.313 e. The smallest absolute Gasteiger partial charge is 0.157 e. The Kier molecular flexibility index (Phi) is 6.12. The summed E-state index contributed by atoms with van der Waals surface area (Å²) in [6, 6.07) is 0.163. The highest BCUT2D eigenvalue weighted by Gasteiger charge is 2.39. The highest BCUT2D eigenvalue weighted by atomic mass is 32.2. The lowest BCUT2D eigenvalue weighted by Crippen LogP contribution is -2.49. The summed E-state index contributed by atoms with van der Waals surface area (Å²) in [6.45, 7) is 8.70. The Morgan fingerprint density at radius 1 is 1.22 bits per heavy atom. The van der Waals surface area contributed by atoms with Crippen LogP contribution < -0.4 is 5.32 Å². The molecule has 0 aromatic rings. The van der Waals surface area contributed by atoms with Crippen LogP contribution in [0.2, 0.25) is 0 Å². The summed E-state index contributed by atoms with van der Waals surface area (Å²) in [7, 11) is -2.99. The van der Waals surface area contributed by atoms with E-state index in [9.17, 15) is 8.42 Å². The zero-order valence-electron chi connectivity index (χ0n) is 12.3. The van der Waals surface area contributed by atoms with E-state index in [1.165, 1.54) is 12.8 Å². The van der Waals surface area contributed by atoms with Crippen LogP contribution in [0, 0.1) is 5.92 Å². The number of sulfone groups is 1. The Labute approximate surface area is 113 Å². The average Bonchev–Trinajstić information content (AvgIpc) is 2.31. The van der Waals surface area contributed by atoms with Gasteiger partial charge in [0.2, 0.25) is 0 Å². The fraction of sp³-hybridized carbons (Fsp3) is 1.00. The second-order valence-corrected chi connectivity index (χ2v) is 8.53. The van der Waals surface area contributed by atoms with Gasteiger partial charge in [0, 0.05) is 6.04 Å². The van der Waals surface area contributed by atoms with Gasteiger partial charge in [0.25, 0.3) is 0 Å².